The lowest BCUT2D eigenvalue weighted by atomic mass is 10.1. The fourth-order valence-electron chi connectivity index (χ4n) is 2.42. The number of amides is 2. The number of amidine groups is 1. The van der Waals surface area contributed by atoms with Gasteiger partial charge in [0.25, 0.3) is 11.8 Å². The summed E-state index contributed by atoms with van der Waals surface area (Å²) in [5, 5.41) is 2.14. The van der Waals surface area contributed by atoms with Gasteiger partial charge in [0.2, 0.25) is 5.91 Å². The van der Waals surface area contributed by atoms with E-state index in [1.165, 1.54) is 0 Å². The van der Waals surface area contributed by atoms with Crippen LogP contribution < -0.4 is 16.8 Å². The molecule has 5 N–H and O–H groups in total. The molecule has 2 amide bonds. The average molecular weight is 441 g/mol. The zero-order valence-electron chi connectivity index (χ0n) is 16.3. The van der Waals surface area contributed by atoms with Crippen molar-refractivity contribution in [3.8, 4) is 0 Å². The van der Waals surface area contributed by atoms with Crippen molar-refractivity contribution < 1.29 is 31.9 Å². The van der Waals surface area contributed by atoms with Crippen molar-refractivity contribution in [2.75, 3.05) is 25.1 Å². The van der Waals surface area contributed by atoms with Gasteiger partial charge in [-0.1, -0.05) is 0 Å². The van der Waals surface area contributed by atoms with Crippen molar-refractivity contribution in [2.45, 2.75) is 12.8 Å². The molecule has 0 bridgehead atoms. The highest BCUT2D eigenvalue weighted by Gasteiger charge is 2.35. The molecule has 1 heterocycles. The van der Waals surface area contributed by atoms with Crippen LogP contribution in [-0.4, -0.2) is 42.4 Å². The summed E-state index contributed by atoms with van der Waals surface area (Å²) < 4.78 is 61.6. The van der Waals surface area contributed by atoms with Crippen LogP contribution >= 0.6 is 0 Å². The molecule has 0 saturated carbocycles. The summed E-state index contributed by atoms with van der Waals surface area (Å²) in [6.45, 7) is 0.493. The second kappa shape index (κ2) is 9.98. The van der Waals surface area contributed by atoms with Crippen molar-refractivity contribution in [1.29, 1.82) is 0 Å². The van der Waals surface area contributed by atoms with Gasteiger partial charge in [0.1, 0.15) is 24.9 Å². The SMILES string of the molecule is CCN=C(N)COCC(F)(F)c1cc(NC(=O)c2ncc(C(N)=O)cc2F)ccc1F. The smallest absolute Gasteiger partial charge is 0.298 e. The summed E-state index contributed by atoms with van der Waals surface area (Å²) in [5.41, 5.74) is 8.18. The molecule has 1 aromatic heterocycles. The number of ether oxygens (including phenoxy) is 1. The van der Waals surface area contributed by atoms with Gasteiger partial charge in [-0.25, -0.2) is 13.8 Å². The topological polar surface area (TPSA) is 133 Å². The molecule has 0 atom stereocenters. The molecule has 2 rings (SSSR count). The zero-order valence-corrected chi connectivity index (χ0v) is 16.3. The van der Waals surface area contributed by atoms with Gasteiger partial charge in [-0.2, -0.15) is 8.78 Å². The molecule has 12 heteroatoms. The lowest BCUT2D eigenvalue weighted by molar-refractivity contribution is -0.0775. The van der Waals surface area contributed by atoms with Gasteiger partial charge in [-0.05, 0) is 31.2 Å². The Kier molecular flexibility index (Phi) is 7.64. The highest BCUT2D eigenvalue weighted by Crippen LogP contribution is 2.32. The maximum absolute atomic E-state index is 14.4. The number of anilines is 1. The van der Waals surface area contributed by atoms with E-state index in [9.17, 15) is 27.2 Å². The van der Waals surface area contributed by atoms with Crippen LogP contribution in [0.3, 0.4) is 0 Å². The second-order valence-electron chi connectivity index (χ2n) is 6.23. The van der Waals surface area contributed by atoms with Gasteiger partial charge in [-0.3, -0.25) is 14.6 Å². The number of hydrogen-bond donors (Lipinski definition) is 3. The number of aromatic nitrogens is 1. The minimum Gasteiger partial charge on any atom is -0.386 e. The molecule has 0 saturated heterocycles. The van der Waals surface area contributed by atoms with E-state index < -0.39 is 47.2 Å². The first kappa shape index (κ1) is 23.7. The fraction of sp³-hybridized carbons (Fsp3) is 0.263. The Balaban J connectivity index is 2.17. The summed E-state index contributed by atoms with van der Waals surface area (Å²) >= 11 is 0. The number of nitrogens with one attached hydrogen (secondary N) is 1. The van der Waals surface area contributed by atoms with Gasteiger partial charge in [0.15, 0.2) is 11.5 Å². The van der Waals surface area contributed by atoms with E-state index in [0.717, 1.165) is 12.3 Å². The fourth-order valence-corrected chi connectivity index (χ4v) is 2.42. The molecule has 166 valence electrons. The summed E-state index contributed by atoms with van der Waals surface area (Å²) in [5.74, 6) is -8.19. The van der Waals surface area contributed by atoms with Gasteiger partial charge in [0.05, 0.1) is 11.1 Å². The van der Waals surface area contributed by atoms with Gasteiger partial charge in [-0.15, -0.1) is 0 Å². The van der Waals surface area contributed by atoms with Crippen molar-refractivity contribution in [2.24, 2.45) is 16.5 Å². The molecule has 31 heavy (non-hydrogen) atoms. The number of nitrogens with two attached hydrogens (primary N) is 2. The Morgan fingerprint density at radius 1 is 1.19 bits per heavy atom. The van der Waals surface area contributed by atoms with Crippen molar-refractivity contribution in [1.82, 2.24) is 4.98 Å². The van der Waals surface area contributed by atoms with E-state index in [1.807, 2.05) is 0 Å². The monoisotopic (exact) mass is 441 g/mol. The Bertz CT molecular complexity index is 1010. The first-order valence-corrected chi connectivity index (χ1v) is 8.86. The summed E-state index contributed by atoms with van der Waals surface area (Å²) in [6, 6.07) is 3.12. The predicted octanol–water partition coefficient (Wildman–Crippen LogP) is 2.20. The lowest BCUT2D eigenvalue weighted by Crippen LogP contribution is -2.27. The predicted molar refractivity (Wildman–Crippen MR) is 104 cm³/mol. The molecular formula is C19H19F4N5O3. The van der Waals surface area contributed by atoms with Crippen LogP contribution in [0.1, 0.15) is 33.3 Å². The van der Waals surface area contributed by atoms with E-state index in [4.69, 9.17) is 16.2 Å². The first-order chi connectivity index (χ1) is 14.5. The van der Waals surface area contributed by atoms with Gasteiger partial charge < -0.3 is 21.5 Å². The summed E-state index contributed by atoms with van der Waals surface area (Å²) in [7, 11) is 0. The highest BCUT2D eigenvalue weighted by atomic mass is 19.3. The number of hydrogen-bond acceptors (Lipinski definition) is 5. The van der Waals surface area contributed by atoms with Crippen LogP contribution in [0.25, 0.3) is 0 Å². The van der Waals surface area contributed by atoms with Gasteiger partial charge >= 0.3 is 0 Å². The quantitative estimate of drug-likeness (QED) is 0.312. The van der Waals surface area contributed by atoms with Crippen LogP contribution in [0, 0.1) is 11.6 Å². The van der Waals surface area contributed by atoms with E-state index in [2.05, 4.69) is 15.3 Å². The Hall–Kier alpha value is -3.54. The molecule has 0 aliphatic rings. The summed E-state index contributed by atoms with van der Waals surface area (Å²) in [4.78, 5) is 30.5. The third-order valence-electron chi connectivity index (χ3n) is 3.85. The Morgan fingerprint density at radius 2 is 1.90 bits per heavy atom. The minimum atomic E-state index is -3.76. The molecule has 0 aliphatic carbocycles. The number of rotatable bonds is 9. The van der Waals surface area contributed by atoms with Crippen LogP contribution in [0.5, 0.6) is 0 Å². The number of benzene rings is 1. The molecule has 8 nitrogen and oxygen atoms in total. The molecule has 0 fully saturated rings. The molecule has 0 spiro atoms. The number of alkyl halides is 2. The Morgan fingerprint density at radius 3 is 2.52 bits per heavy atom. The van der Waals surface area contributed by atoms with Crippen LogP contribution in [0.15, 0.2) is 35.5 Å². The number of primary amides is 1. The molecule has 0 aliphatic heterocycles. The highest BCUT2D eigenvalue weighted by molar-refractivity contribution is 6.03. The average Bonchev–Trinajstić information content (AvgIpc) is 2.69. The standard InChI is InChI=1S/C19H19F4N5O3/c1-2-26-15(24)8-31-9-19(22,23)12-6-11(3-4-13(12)20)28-18(30)16-14(21)5-10(7-27-16)17(25)29/h3-7H,2,8-9H2,1H3,(H2,24,26)(H2,25,29)(H,28,30). The van der Waals surface area contributed by atoms with Gasteiger partial charge in [0, 0.05) is 18.4 Å². The first-order valence-electron chi connectivity index (χ1n) is 8.86. The molecule has 2 aromatic rings. The van der Waals surface area contributed by atoms with Crippen molar-refractivity contribution in [3.63, 3.8) is 0 Å². The Labute approximate surface area is 174 Å². The number of nitrogens with zero attached hydrogens (tertiary/aromatic N) is 2. The second-order valence-corrected chi connectivity index (χ2v) is 6.23. The summed E-state index contributed by atoms with van der Waals surface area (Å²) in [6.07, 6.45) is 0.884. The largest absolute Gasteiger partial charge is 0.386 e. The number of carbonyl (C=O) groups is 2. The van der Waals surface area contributed by atoms with Crippen molar-refractivity contribution in [3.05, 3.63) is 58.9 Å². The normalized spacial score (nSPS) is 12.0. The number of pyridine rings is 1. The van der Waals surface area contributed by atoms with Crippen LogP contribution in [0.2, 0.25) is 0 Å². The lowest BCUT2D eigenvalue weighted by Gasteiger charge is -2.18. The maximum atomic E-state index is 14.4. The van der Waals surface area contributed by atoms with E-state index in [0.29, 0.717) is 24.7 Å². The number of aliphatic imine (C=N–C) groups is 1. The van der Waals surface area contributed by atoms with Crippen LogP contribution in [-0.2, 0) is 10.7 Å². The number of halogens is 4. The maximum Gasteiger partial charge on any atom is 0.298 e. The number of carbonyl (C=O) groups excluding carboxylic acids is 2. The van der Waals surface area contributed by atoms with E-state index in [1.54, 1.807) is 6.92 Å². The molecule has 0 radical (unpaired) electrons. The van der Waals surface area contributed by atoms with Crippen molar-refractivity contribution >= 4 is 23.3 Å². The van der Waals surface area contributed by atoms with E-state index >= 15 is 0 Å². The molecular weight excluding hydrogens is 422 g/mol. The molecule has 0 unspecified atom stereocenters. The third-order valence-corrected chi connectivity index (χ3v) is 3.85. The van der Waals surface area contributed by atoms with Crippen LogP contribution in [0.4, 0.5) is 23.2 Å². The van der Waals surface area contributed by atoms with E-state index in [-0.39, 0.29) is 23.7 Å². The zero-order chi connectivity index (χ0) is 23.2. The molecule has 1 aromatic carbocycles. The third kappa shape index (κ3) is 6.22. The minimum absolute atomic E-state index is 0.0108.